The summed E-state index contributed by atoms with van der Waals surface area (Å²) in [6.45, 7) is 0.612. The maximum atomic E-state index is 5.83. The van der Waals surface area contributed by atoms with Crippen molar-refractivity contribution in [2.45, 2.75) is 6.54 Å². The van der Waals surface area contributed by atoms with Crippen molar-refractivity contribution >= 4 is 17.5 Å². The van der Waals surface area contributed by atoms with Crippen LogP contribution in [0.5, 0.6) is 11.8 Å². The van der Waals surface area contributed by atoms with Gasteiger partial charge in [-0.05, 0) is 29.3 Å². The average Bonchev–Trinajstić information content (AvgIpc) is 2.46. The lowest BCUT2D eigenvalue weighted by Gasteiger charge is -2.17. The zero-order valence-electron chi connectivity index (χ0n) is 11.5. The van der Waals surface area contributed by atoms with E-state index in [1.165, 1.54) is 7.11 Å². The molecule has 20 heavy (non-hydrogen) atoms. The topological polar surface area (TPSA) is 60.4 Å². The lowest BCUT2D eigenvalue weighted by Crippen LogP contribution is -2.19. The van der Waals surface area contributed by atoms with Crippen LogP contribution in [0, 0.1) is 0 Å². The van der Waals surface area contributed by atoms with Gasteiger partial charge in [0, 0.05) is 13.6 Å². The molecule has 0 aliphatic rings. The fourth-order valence-electron chi connectivity index (χ4n) is 1.70. The van der Waals surface area contributed by atoms with Gasteiger partial charge in [0.1, 0.15) is 5.75 Å². The van der Waals surface area contributed by atoms with Crippen LogP contribution in [0.4, 0.5) is 5.95 Å². The van der Waals surface area contributed by atoms with Crippen LogP contribution in [0.2, 0.25) is 5.28 Å². The molecule has 6 nitrogen and oxygen atoms in total. The second-order valence-corrected chi connectivity index (χ2v) is 4.44. The zero-order chi connectivity index (χ0) is 14.5. The minimum Gasteiger partial charge on any atom is -0.497 e. The van der Waals surface area contributed by atoms with Crippen molar-refractivity contribution in [3.63, 3.8) is 0 Å². The lowest BCUT2D eigenvalue weighted by molar-refractivity contribution is 0.378. The van der Waals surface area contributed by atoms with Crippen LogP contribution in [0.3, 0.4) is 0 Å². The number of methoxy groups -OCH3 is 2. The number of nitrogens with zero attached hydrogens (tertiary/aromatic N) is 4. The van der Waals surface area contributed by atoms with Crippen molar-refractivity contribution in [3.8, 4) is 11.8 Å². The third-order valence-electron chi connectivity index (χ3n) is 2.65. The number of ether oxygens (including phenoxy) is 2. The minimum atomic E-state index is 0.101. The molecule has 106 valence electrons. The molecular formula is C13H15ClN4O2. The van der Waals surface area contributed by atoms with Gasteiger partial charge in [0.25, 0.3) is 0 Å². The highest BCUT2D eigenvalue weighted by molar-refractivity contribution is 6.28. The minimum absolute atomic E-state index is 0.101. The summed E-state index contributed by atoms with van der Waals surface area (Å²) in [6, 6.07) is 7.97. The predicted octanol–water partition coefficient (Wildman–Crippen LogP) is 2.18. The molecule has 0 amide bonds. The summed E-state index contributed by atoms with van der Waals surface area (Å²) < 4.78 is 10.2. The van der Waals surface area contributed by atoms with E-state index in [0.717, 1.165) is 11.3 Å². The van der Waals surface area contributed by atoms with E-state index in [2.05, 4.69) is 15.0 Å². The van der Waals surface area contributed by atoms with Crippen molar-refractivity contribution in [3.05, 3.63) is 35.1 Å². The number of rotatable bonds is 5. The Kier molecular flexibility index (Phi) is 4.57. The molecule has 0 N–H and O–H groups in total. The summed E-state index contributed by atoms with van der Waals surface area (Å²) in [6.07, 6.45) is 0. The molecule has 1 heterocycles. The number of halogens is 1. The summed E-state index contributed by atoms with van der Waals surface area (Å²) >= 11 is 5.83. The second kappa shape index (κ2) is 6.38. The van der Waals surface area contributed by atoms with Gasteiger partial charge in [-0.3, -0.25) is 0 Å². The maximum absolute atomic E-state index is 5.83. The Morgan fingerprint density at radius 1 is 1.15 bits per heavy atom. The number of hydrogen-bond donors (Lipinski definition) is 0. The molecular weight excluding hydrogens is 280 g/mol. The van der Waals surface area contributed by atoms with Crippen molar-refractivity contribution in [2.75, 3.05) is 26.2 Å². The first-order valence-electron chi connectivity index (χ1n) is 5.92. The Morgan fingerprint density at radius 3 is 2.65 bits per heavy atom. The van der Waals surface area contributed by atoms with Crippen LogP contribution in [0.25, 0.3) is 0 Å². The number of anilines is 1. The van der Waals surface area contributed by atoms with Gasteiger partial charge in [-0.25, -0.2) is 0 Å². The molecule has 0 aliphatic heterocycles. The molecule has 0 saturated heterocycles. The van der Waals surface area contributed by atoms with Crippen LogP contribution >= 0.6 is 11.6 Å². The highest BCUT2D eigenvalue weighted by Crippen LogP contribution is 2.18. The maximum Gasteiger partial charge on any atom is 0.322 e. The molecule has 0 aliphatic carbocycles. The first kappa shape index (κ1) is 14.3. The zero-order valence-corrected chi connectivity index (χ0v) is 12.3. The van der Waals surface area contributed by atoms with Gasteiger partial charge in [0.15, 0.2) is 0 Å². The van der Waals surface area contributed by atoms with Crippen LogP contribution in [-0.4, -0.2) is 36.2 Å². The fourth-order valence-corrected chi connectivity index (χ4v) is 1.85. The first-order valence-corrected chi connectivity index (χ1v) is 6.30. The van der Waals surface area contributed by atoms with E-state index in [-0.39, 0.29) is 11.3 Å². The van der Waals surface area contributed by atoms with Gasteiger partial charge in [-0.1, -0.05) is 12.1 Å². The SMILES string of the molecule is COc1cccc(CN(C)c2nc(Cl)nc(OC)n2)c1. The molecule has 0 unspecified atom stereocenters. The van der Waals surface area contributed by atoms with E-state index in [1.54, 1.807) is 7.11 Å². The number of benzene rings is 1. The van der Waals surface area contributed by atoms with Gasteiger partial charge in [0.2, 0.25) is 11.2 Å². The molecule has 0 spiro atoms. The molecule has 7 heteroatoms. The Labute approximate surface area is 122 Å². The third kappa shape index (κ3) is 3.48. The van der Waals surface area contributed by atoms with E-state index in [0.29, 0.717) is 12.5 Å². The van der Waals surface area contributed by atoms with E-state index in [4.69, 9.17) is 21.1 Å². The molecule has 0 atom stereocenters. The van der Waals surface area contributed by atoms with E-state index in [1.807, 2.05) is 36.2 Å². The molecule has 0 saturated carbocycles. The van der Waals surface area contributed by atoms with Crippen LogP contribution in [0.1, 0.15) is 5.56 Å². The Bertz CT molecular complexity index is 594. The third-order valence-corrected chi connectivity index (χ3v) is 2.82. The van der Waals surface area contributed by atoms with Crippen molar-refractivity contribution in [1.29, 1.82) is 0 Å². The normalized spacial score (nSPS) is 10.2. The molecule has 2 rings (SSSR count). The van der Waals surface area contributed by atoms with Crippen LogP contribution in [-0.2, 0) is 6.54 Å². The largest absolute Gasteiger partial charge is 0.497 e. The second-order valence-electron chi connectivity index (χ2n) is 4.10. The molecule has 2 aromatic rings. The molecule has 0 radical (unpaired) electrons. The summed E-state index contributed by atoms with van der Waals surface area (Å²) in [5.74, 6) is 1.26. The lowest BCUT2D eigenvalue weighted by atomic mass is 10.2. The predicted molar refractivity (Wildman–Crippen MR) is 76.5 cm³/mol. The molecule has 1 aromatic carbocycles. The van der Waals surface area contributed by atoms with Crippen molar-refractivity contribution < 1.29 is 9.47 Å². The van der Waals surface area contributed by atoms with E-state index < -0.39 is 0 Å². The van der Waals surface area contributed by atoms with E-state index in [9.17, 15) is 0 Å². The summed E-state index contributed by atoms with van der Waals surface area (Å²) in [5, 5.41) is 0.101. The van der Waals surface area contributed by atoms with Gasteiger partial charge in [-0.15, -0.1) is 0 Å². The Morgan fingerprint density at radius 2 is 1.95 bits per heavy atom. The smallest absolute Gasteiger partial charge is 0.322 e. The Hall–Kier alpha value is -2.08. The van der Waals surface area contributed by atoms with Crippen LogP contribution < -0.4 is 14.4 Å². The van der Waals surface area contributed by atoms with Gasteiger partial charge >= 0.3 is 6.01 Å². The molecule has 1 aromatic heterocycles. The fraction of sp³-hybridized carbons (Fsp3) is 0.308. The number of hydrogen-bond acceptors (Lipinski definition) is 6. The summed E-state index contributed by atoms with van der Waals surface area (Å²) in [4.78, 5) is 13.9. The monoisotopic (exact) mass is 294 g/mol. The first-order chi connectivity index (χ1) is 9.62. The Balaban J connectivity index is 2.18. The van der Waals surface area contributed by atoms with Gasteiger partial charge in [-0.2, -0.15) is 15.0 Å². The van der Waals surface area contributed by atoms with Gasteiger partial charge in [0.05, 0.1) is 14.2 Å². The standard InChI is InChI=1S/C13H15ClN4O2/c1-18(8-9-5-4-6-10(7-9)19-2)12-15-11(14)16-13(17-12)20-3/h4-7H,8H2,1-3H3. The summed E-state index contributed by atoms with van der Waals surface area (Å²) in [7, 11) is 4.99. The van der Waals surface area contributed by atoms with E-state index >= 15 is 0 Å². The summed E-state index contributed by atoms with van der Waals surface area (Å²) in [5.41, 5.74) is 1.07. The average molecular weight is 295 g/mol. The van der Waals surface area contributed by atoms with Crippen LogP contribution in [0.15, 0.2) is 24.3 Å². The molecule has 0 fully saturated rings. The van der Waals surface area contributed by atoms with Gasteiger partial charge < -0.3 is 14.4 Å². The molecule has 0 bridgehead atoms. The quantitative estimate of drug-likeness (QED) is 0.842. The highest BCUT2D eigenvalue weighted by atomic mass is 35.5. The number of aromatic nitrogens is 3. The highest BCUT2D eigenvalue weighted by Gasteiger charge is 2.10. The van der Waals surface area contributed by atoms with Crippen molar-refractivity contribution in [2.24, 2.45) is 0 Å². The van der Waals surface area contributed by atoms with Crippen molar-refractivity contribution in [1.82, 2.24) is 15.0 Å².